The minimum absolute atomic E-state index is 0.517. The van der Waals surface area contributed by atoms with E-state index in [1.807, 2.05) is 11.8 Å². The molecule has 2 heterocycles. The second-order valence-corrected chi connectivity index (χ2v) is 11.1. The first-order valence-electron chi connectivity index (χ1n) is 13.4. The highest BCUT2D eigenvalue weighted by Crippen LogP contribution is 2.36. The van der Waals surface area contributed by atoms with Gasteiger partial charge in [-0.3, -0.25) is 0 Å². The number of aromatic nitrogens is 3. The molecule has 0 aliphatic carbocycles. The topological polar surface area (TPSA) is 34.0 Å². The zero-order chi connectivity index (χ0) is 25.6. The van der Waals surface area contributed by atoms with Crippen LogP contribution in [0.25, 0.3) is 21.9 Å². The number of rotatable bonds is 11. The highest BCUT2D eigenvalue weighted by Gasteiger charge is 2.23. The summed E-state index contributed by atoms with van der Waals surface area (Å²) in [4.78, 5) is 13.0. The van der Waals surface area contributed by atoms with Gasteiger partial charge in [0.15, 0.2) is 11.0 Å². The largest absolute Gasteiger partial charge is 0.346 e. The van der Waals surface area contributed by atoms with Gasteiger partial charge < -0.3 is 9.47 Å². The number of hydrogen-bond acceptors (Lipinski definition) is 4. The van der Waals surface area contributed by atoms with Crippen molar-refractivity contribution in [3.8, 4) is 0 Å². The molecule has 0 unspecified atom stereocenters. The summed E-state index contributed by atoms with van der Waals surface area (Å²) >= 11 is 1.88. The van der Waals surface area contributed by atoms with Gasteiger partial charge >= 0.3 is 0 Å². The summed E-state index contributed by atoms with van der Waals surface area (Å²) in [6, 6.07) is 29.9. The SMILES string of the molecule is CCCCSc1nc2c(N(Cc3ccccc3)Cc3ccccc3)nc3ccccc3c2n1CC(C)C. The Morgan fingerprint density at radius 1 is 0.811 bits per heavy atom. The van der Waals surface area contributed by atoms with E-state index in [-0.39, 0.29) is 0 Å². The van der Waals surface area contributed by atoms with Crippen LogP contribution in [0.5, 0.6) is 0 Å². The van der Waals surface area contributed by atoms with E-state index in [1.54, 1.807) is 0 Å². The Morgan fingerprint density at radius 2 is 1.43 bits per heavy atom. The first-order chi connectivity index (χ1) is 18.1. The van der Waals surface area contributed by atoms with Crippen LogP contribution in [0.2, 0.25) is 0 Å². The maximum atomic E-state index is 5.31. The van der Waals surface area contributed by atoms with Gasteiger partial charge in [0.1, 0.15) is 5.52 Å². The van der Waals surface area contributed by atoms with Crippen LogP contribution in [0, 0.1) is 5.92 Å². The molecule has 0 fully saturated rings. The summed E-state index contributed by atoms with van der Waals surface area (Å²) < 4.78 is 2.46. The molecule has 0 amide bonds. The summed E-state index contributed by atoms with van der Waals surface area (Å²) in [6.45, 7) is 9.30. The van der Waals surface area contributed by atoms with Crippen LogP contribution < -0.4 is 4.90 Å². The lowest BCUT2D eigenvalue weighted by Crippen LogP contribution is -2.23. The van der Waals surface area contributed by atoms with Crippen molar-refractivity contribution < 1.29 is 0 Å². The van der Waals surface area contributed by atoms with Gasteiger partial charge in [-0.25, -0.2) is 9.97 Å². The minimum atomic E-state index is 0.517. The molecule has 5 rings (SSSR count). The van der Waals surface area contributed by atoms with Crippen molar-refractivity contribution in [2.75, 3.05) is 10.7 Å². The number of fused-ring (bicyclic) bond motifs is 3. The van der Waals surface area contributed by atoms with E-state index in [2.05, 4.69) is 115 Å². The highest BCUT2D eigenvalue weighted by atomic mass is 32.2. The van der Waals surface area contributed by atoms with Crippen molar-refractivity contribution >= 4 is 39.5 Å². The fourth-order valence-corrected chi connectivity index (χ4v) is 5.88. The van der Waals surface area contributed by atoms with E-state index >= 15 is 0 Å². The molecule has 5 aromatic rings. The molecule has 190 valence electrons. The Bertz CT molecular complexity index is 1400. The van der Waals surface area contributed by atoms with Crippen molar-refractivity contribution in [2.45, 2.75) is 58.4 Å². The number of nitrogens with zero attached hydrogens (tertiary/aromatic N) is 4. The Morgan fingerprint density at radius 3 is 2.05 bits per heavy atom. The van der Waals surface area contributed by atoms with Crippen LogP contribution in [0.4, 0.5) is 5.82 Å². The standard InChI is InChI=1S/C32H36N4S/c1-4-5-20-37-32-34-29-30(36(32)21-24(2)3)27-18-12-13-19-28(27)33-31(29)35(22-25-14-8-6-9-15-25)23-26-16-10-7-11-17-26/h6-19,24H,4-5,20-23H2,1-3H3. The third kappa shape index (κ3) is 5.83. The summed E-state index contributed by atoms with van der Waals surface area (Å²) in [6.07, 6.45) is 2.38. The minimum Gasteiger partial charge on any atom is -0.346 e. The summed E-state index contributed by atoms with van der Waals surface area (Å²) in [5, 5.41) is 2.28. The zero-order valence-electron chi connectivity index (χ0n) is 22.1. The van der Waals surface area contributed by atoms with E-state index in [1.165, 1.54) is 34.9 Å². The number of anilines is 1. The molecule has 0 radical (unpaired) electrons. The van der Waals surface area contributed by atoms with Crippen molar-refractivity contribution in [2.24, 2.45) is 5.92 Å². The molecule has 37 heavy (non-hydrogen) atoms. The molecular weight excluding hydrogens is 472 g/mol. The van der Waals surface area contributed by atoms with Crippen LogP contribution >= 0.6 is 11.8 Å². The molecule has 0 bridgehead atoms. The van der Waals surface area contributed by atoms with E-state index < -0.39 is 0 Å². The summed E-state index contributed by atoms with van der Waals surface area (Å²) in [5.74, 6) is 2.56. The molecule has 0 atom stereocenters. The molecule has 0 aliphatic rings. The predicted octanol–water partition coefficient (Wildman–Crippen LogP) is 8.34. The van der Waals surface area contributed by atoms with Crippen LogP contribution in [-0.2, 0) is 19.6 Å². The number of hydrogen-bond donors (Lipinski definition) is 0. The Hall–Kier alpha value is -3.31. The van der Waals surface area contributed by atoms with E-state index in [9.17, 15) is 0 Å². The average molecular weight is 509 g/mol. The number of para-hydroxylation sites is 1. The third-order valence-corrected chi connectivity index (χ3v) is 7.60. The van der Waals surface area contributed by atoms with Crippen LogP contribution in [0.3, 0.4) is 0 Å². The van der Waals surface area contributed by atoms with Crippen molar-refractivity contribution in [1.82, 2.24) is 14.5 Å². The smallest absolute Gasteiger partial charge is 0.169 e. The second kappa shape index (κ2) is 11.8. The maximum absolute atomic E-state index is 5.31. The van der Waals surface area contributed by atoms with Gasteiger partial charge in [0, 0.05) is 30.8 Å². The number of benzene rings is 3. The van der Waals surface area contributed by atoms with Crippen LogP contribution in [0.1, 0.15) is 44.7 Å². The van der Waals surface area contributed by atoms with Crippen molar-refractivity contribution in [1.29, 1.82) is 0 Å². The number of thioether (sulfide) groups is 1. The Kier molecular flexibility index (Phi) is 8.10. The van der Waals surface area contributed by atoms with Gasteiger partial charge in [0.25, 0.3) is 0 Å². The number of imidazole rings is 1. The quantitative estimate of drug-likeness (QED) is 0.133. The number of unbranched alkanes of at least 4 members (excludes halogenated alkanes) is 1. The monoisotopic (exact) mass is 508 g/mol. The number of pyridine rings is 1. The van der Waals surface area contributed by atoms with E-state index in [0.29, 0.717) is 5.92 Å². The molecule has 4 nitrogen and oxygen atoms in total. The van der Waals surface area contributed by atoms with E-state index in [0.717, 1.165) is 47.4 Å². The van der Waals surface area contributed by atoms with Crippen molar-refractivity contribution in [3.05, 3.63) is 96.1 Å². The Labute approximate surface area is 224 Å². The zero-order valence-corrected chi connectivity index (χ0v) is 22.9. The van der Waals surface area contributed by atoms with Gasteiger partial charge in [0.2, 0.25) is 0 Å². The summed E-state index contributed by atoms with van der Waals surface area (Å²) in [7, 11) is 0. The highest BCUT2D eigenvalue weighted by molar-refractivity contribution is 7.99. The van der Waals surface area contributed by atoms with Gasteiger partial charge in [-0.15, -0.1) is 0 Å². The van der Waals surface area contributed by atoms with Crippen LogP contribution in [0.15, 0.2) is 90.1 Å². The van der Waals surface area contributed by atoms with E-state index in [4.69, 9.17) is 9.97 Å². The fraction of sp³-hybridized carbons (Fsp3) is 0.312. The Balaban J connectivity index is 1.72. The van der Waals surface area contributed by atoms with Crippen LogP contribution in [-0.4, -0.2) is 20.3 Å². The van der Waals surface area contributed by atoms with Gasteiger partial charge in [0.05, 0.1) is 11.0 Å². The lowest BCUT2D eigenvalue weighted by Gasteiger charge is -2.25. The first kappa shape index (κ1) is 25.3. The molecule has 3 aromatic carbocycles. The molecular formula is C32H36N4S. The lowest BCUT2D eigenvalue weighted by molar-refractivity contribution is 0.505. The molecule has 0 aliphatic heterocycles. The fourth-order valence-electron chi connectivity index (χ4n) is 4.79. The molecule has 5 heteroatoms. The van der Waals surface area contributed by atoms with Gasteiger partial charge in [-0.05, 0) is 29.5 Å². The first-order valence-corrected chi connectivity index (χ1v) is 14.4. The molecule has 0 saturated carbocycles. The van der Waals surface area contributed by atoms with Crippen molar-refractivity contribution in [3.63, 3.8) is 0 Å². The van der Waals surface area contributed by atoms with Gasteiger partial charge in [-0.1, -0.05) is 118 Å². The lowest BCUT2D eigenvalue weighted by atomic mass is 10.1. The average Bonchev–Trinajstić information content (AvgIpc) is 3.27. The molecule has 0 N–H and O–H groups in total. The van der Waals surface area contributed by atoms with Gasteiger partial charge in [-0.2, -0.15) is 0 Å². The maximum Gasteiger partial charge on any atom is 0.169 e. The molecule has 0 saturated heterocycles. The summed E-state index contributed by atoms with van der Waals surface area (Å²) in [5.41, 5.74) is 5.76. The molecule has 0 spiro atoms. The second-order valence-electron chi connectivity index (χ2n) is 10.1. The molecule has 2 aromatic heterocycles. The third-order valence-electron chi connectivity index (χ3n) is 6.54. The normalized spacial score (nSPS) is 11.6. The predicted molar refractivity (Wildman–Crippen MR) is 158 cm³/mol.